The van der Waals surface area contributed by atoms with Crippen LogP contribution in [0.3, 0.4) is 0 Å². The van der Waals surface area contributed by atoms with Gasteiger partial charge in [0.05, 0.1) is 23.2 Å². The summed E-state index contributed by atoms with van der Waals surface area (Å²) in [6.45, 7) is 2.78. The van der Waals surface area contributed by atoms with Gasteiger partial charge in [-0.1, -0.05) is 12.1 Å². The molecule has 21 heavy (non-hydrogen) atoms. The number of hydrogen-bond donors (Lipinski definition) is 2. The Labute approximate surface area is 126 Å². The highest BCUT2D eigenvalue weighted by Gasteiger charge is 2.25. The summed E-state index contributed by atoms with van der Waals surface area (Å²) in [5, 5.41) is 3.39. The van der Waals surface area contributed by atoms with E-state index in [1.54, 1.807) is 0 Å². The van der Waals surface area contributed by atoms with E-state index in [2.05, 4.69) is 17.0 Å². The van der Waals surface area contributed by atoms with E-state index in [0.29, 0.717) is 18.3 Å². The minimum atomic E-state index is -3.38. The van der Waals surface area contributed by atoms with Crippen molar-refractivity contribution in [3.63, 3.8) is 0 Å². The van der Waals surface area contributed by atoms with Crippen molar-refractivity contribution >= 4 is 21.4 Å². The molecule has 3 rings (SSSR count). The topological polar surface area (TPSA) is 67.4 Å². The molecule has 5 nitrogen and oxygen atoms in total. The predicted molar refractivity (Wildman–Crippen MR) is 84.2 cm³/mol. The molecule has 2 atom stereocenters. The number of benzene rings is 1. The highest BCUT2D eigenvalue weighted by Crippen LogP contribution is 2.32. The normalized spacial score (nSPS) is 25.2. The van der Waals surface area contributed by atoms with Gasteiger partial charge in [0.25, 0.3) is 0 Å². The van der Waals surface area contributed by atoms with Crippen molar-refractivity contribution in [2.24, 2.45) is 0 Å². The molecule has 0 bridgehead atoms. The lowest BCUT2D eigenvalue weighted by Crippen LogP contribution is -2.28. The van der Waals surface area contributed by atoms with Crippen molar-refractivity contribution in [1.29, 1.82) is 0 Å². The zero-order chi connectivity index (χ0) is 14.9. The van der Waals surface area contributed by atoms with Crippen LogP contribution in [0.4, 0.5) is 11.4 Å². The first-order valence-electron chi connectivity index (χ1n) is 7.54. The van der Waals surface area contributed by atoms with Crippen molar-refractivity contribution in [3.05, 3.63) is 23.8 Å². The van der Waals surface area contributed by atoms with E-state index in [9.17, 15) is 8.42 Å². The molecule has 2 unspecified atom stereocenters. The van der Waals surface area contributed by atoms with Crippen LogP contribution in [-0.4, -0.2) is 32.9 Å². The highest BCUT2D eigenvalue weighted by atomic mass is 32.2. The van der Waals surface area contributed by atoms with Crippen LogP contribution >= 0.6 is 0 Å². The molecular formula is C15H22N2O3S. The lowest BCUT2D eigenvalue weighted by Gasteiger charge is -2.26. The summed E-state index contributed by atoms with van der Waals surface area (Å²) in [7, 11) is -3.38. The predicted octanol–water partition coefficient (Wildman–Crippen LogP) is 2.35. The van der Waals surface area contributed by atoms with E-state index in [-0.39, 0.29) is 11.9 Å². The molecule has 6 heteroatoms. The zero-order valence-electron chi connectivity index (χ0n) is 12.3. The lowest BCUT2D eigenvalue weighted by molar-refractivity contribution is 0.127. The van der Waals surface area contributed by atoms with Crippen molar-refractivity contribution < 1.29 is 13.2 Å². The van der Waals surface area contributed by atoms with Gasteiger partial charge in [-0.2, -0.15) is 0 Å². The fraction of sp³-hybridized carbons (Fsp3) is 0.600. The van der Waals surface area contributed by atoms with Crippen LogP contribution in [0.2, 0.25) is 0 Å². The number of aryl methyl sites for hydroxylation is 1. The molecule has 2 N–H and O–H groups in total. The molecule has 2 aliphatic heterocycles. The molecule has 0 amide bonds. The first kappa shape index (κ1) is 14.7. The number of anilines is 2. The molecule has 1 aromatic carbocycles. The van der Waals surface area contributed by atoms with E-state index < -0.39 is 10.0 Å². The smallest absolute Gasteiger partial charge is 0.235 e. The number of para-hydroxylation sites is 1. The van der Waals surface area contributed by atoms with Crippen molar-refractivity contribution in [1.82, 2.24) is 0 Å². The highest BCUT2D eigenvalue weighted by molar-refractivity contribution is 7.92. The van der Waals surface area contributed by atoms with Crippen LogP contribution in [0.15, 0.2) is 18.2 Å². The van der Waals surface area contributed by atoms with Crippen LogP contribution in [-0.2, 0) is 21.2 Å². The van der Waals surface area contributed by atoms with Gasteiger partial charge in [-0.25, -0.2) is 8.42 Å². The van der Waals surface area contributed by atoms with Gasteiger partial charge in [0.15, 0.2) is 0 Å². The Balaban J connectivity index is 1.78. The maximum Gasteiger partial charge on any atom is 0.235 e. The number of rotatable bonds is 4. The van der Waals surface area contributed by atoms with Gasteiger partial charge in [0.2, 0.25) is 10.0 Å². The van der Waals surface area contributed by atoms with Gasteiger partial charge < -0.3 is 10.1 Å². The Morgan fingerprint density at radius 1 is 1.38 bits per heavy atom. The first-order chi connectivity index (χ1) is 10.0. The summed E-state index contributed by atoms with van der Waals surface area (Å²) in [5.74, 6) is 0.0339. The summed E-state index contributed by atoms with van der Waals surface area (Å²) in [6, 6.07) is 6.13. The van der Waals surface area contributed by atoms with Crippen molar-refractivity contribution in [3.8, 4) is 0 Å². The molecule has 116 valence electrons. The van der Waals surface area contributed by atoms with E-state index in [4.69, 9.17) is 4.74 Å². The summed E-state index contributed by atoms with van der Waals surface area (Å²) < 4.78 is 32.8. The maximum atomic E-state index is 12.3. The lowest BCUT2D eigenvalue weighted by atomic mass is 9.98. The van der Waals surface area contributed by atoms with E-state index >= 15 is 0 Å². The molecule has 0 aromatic heterocycles. The SMILES string of the molecule is CC1CCc2cccc(NS(=O)(=O)CC3CCCO3)c2N1. The fourth-order valence-corrected chi connectivity index (χ4v) is 4.33. The van der Waals surface area contributed by atoms with Gasteiger partial charge in [-0.05, 0) is 44.2 Å². The molecule has 0 saturated carbocycles. The standard InChI is InChI=1S/C15H22N2O3S/c1-11-7-8-12-4-2-6-14(15(12)16-11)17-21(18,19)10-13-5-3-9-20-13/h2,4,6,11,13,16-17H,3,5,7-10H2,1H3. The maximum absolute atomic E-state index is 12.3. The monoisotopic (exact) mass is 310 g/mol. The largest absolute Gasteiger partial charge is 0.381 e. The molecule has 0 aliphatic carbocycles. The van der Waals surface area contributed by atoms with Crippen LogP contribution in [0.1, 0.15) is 31.7 Å². The molecular weight excluding hydrogens is 288 g/mol. The molecule has 1 saturated heterocycles. The Hall–Kier alpha value is -1.27. The molecule has 1 aromatic rings. The minimum Gasteiger partial charge on any atom is -0.381 e. The quantitative estimate of drug-likeness (QED) is 0.896. The van der Waals surface area contributed by atoms with E-state index in [0.717, 1.165) is 31.4 Å². The molecule has 0 radical (unpaired) electrons. The molecule has 1 fully saturated rings. The Morgan fingerprint density at radius 2 is 2.24 bits per heavy atom. The van der Waals surface area contributed by atoms with Crippen molar-refractivity contribution in [2.75, 3.05) is 22.4 Å². The summed E-state index contributed by atoms with van der Waals surface area (Å²) in [4.78, 5) is 0. The number of nitrogens with one attached hydrogen (secondary N) is 2. The Bertz CT molecular complexity index is 609. The van der Waals surface area contributed by atoms with Crippen LogP contribution in [0.5, 0.6) is 0 Å². The van der Waals surface area contributed by atoms with Gasteiger partial charge in [0, 0.05) is 12.6 Å². The number of sulfonamides is 1. The van der Waals surface area contributed by atoms with Crippen LogP contribution in [0, 0.1) is 0 Å². The number of ether oxygens (including phenoxy) is 1. The summed E-state index contributed by atoms with van der Waals surface area (Å²) in [6.07, 6.45) is 3.64. The summed E-state index contributed by atoms with van der Waals surface area (Å²) >= 11 is 0. The number of fused-ring (bicyclic) bond motifs is 1. The second-order valence-electron chi connectivity index (χ2n) is 5.94. The third-order valence-electron chi connectivity index (χ3n) is 4.08. The Kier molecular flexibility index (Phi) is 4.08. The van der Waals surface area contributed by atoms with E-state index in [1.807, 2.05) is 18.2 Å². The van der Waals surface area contributed by atoms with Crippen LogP contribution in [0.25, 0.3) is 0 Å². The second-order valence-corrected chi connectivity index (χ2v) is 7.71. The van der Waals surface area contributed by atoms with Crippen LogP contribution < -0.4 is 10.0 Å². The Morgan fingerprint density at radius 3 is 3.00 bits per heavy atom. The van der Waals surface area contributed by atoms with Gasteiger partial charge >= 0.3 is 0 Å². The first-order valence-corrected chi connectivity index (χ1v) is 9.19. The third kappa shape index (κ3) is 3.49. The minimum absolute atomic E-state index is 0.0339. The van der Waals surface area contributed by atoms with Crippen molar-refractivity contribution in [2.45, 2.75) is 44.8 Å². The molecule has 2 heterocycles. The zero-order valence-corrected chi connectivity index (χ0v) is 13.1. The van der Waals surface area contributed by atoms with Gasteiger partial charge in [0.1, 0.15) is 0 Å². The van der Waals surface area contributed by atoms with Gasteiger partial charge in [-0.15, -0.1) is 0 Å². The second kappa shape index (κ2) is 5.85. The average Bonchev–Trinajstić information content (AvgIpc) is 2.91. The summed E-state index contributed by atoms with van der Waals surface area (Å²) in [5.41, 5.74) is 2.75. The molecule has 0 spiro atoms. The fourth-order valence-electron chi connectivity index (χ4n) is 2.98. The van der Waals surface area contributed by atoms with Gasteiger partial charge in [-0.3, -0.25) is 4.72 Å². The average molecular weight is 310 g/mol. The molecule has 2 aliphatic rings. The number of hydrogen-bond acceptors (Lipinski definition) is 4. The third-order valence-corrected chi connectivity index (χ3v) is 5.42. The van der Waals surface area contributed by atoms with E-state index in [1.165, 1.54) is 5.56 Å².